The first-order valence-electron chi connectivity index (χ1n) is 6.97. The van der Waals surface area contributed by atoms with Crippen molar-refractivity contribution in [1.82, 2.24) is 4.90 Å². The molecule has 2 aromatic rings. The largest absolute Gasteiger partial charge is 0.452 e. The highest BCUT2D eigenvalue weighted by Crippen LogP contribution is 2.21. The zero-order valence-electron chi connectivity index (χ0n) is 12.8. The minimum Gasteiger partial charge on any atom is -0.452 e. The van der Waals surface area contributed by atoms with E-state index in [1.165, 1.54) is 4.90 Å². The zero-order chi connectivity index (χ0) is 17.7. The number of hydrogen-bond donors (Lipinski definition) is 0. The molecule has 0 aromatic heterocycles. The Morgan fingerprint density at radius 2 is 1.71 bits per heavy atom. The molecule has 0 fully saturated rings. The van der Waals surface area contributed by atoms with E-state index >= 15 is 0 Å². The Morgan fingerprint density at radius 1 is 1.08 bits per heavy atom. The lowest BCUT2D eigenvalue weighted by Crippen LogP contribution is -2.30. The van der Waals surface area contributed by atoms with Gasteiger partial charge in [-0.1, -0.05) is 55.6 Å². The minimum absolute atomic E-state index is 0.217. The van der Waals surface area contributed by atoms with Crippen molar-refractivity contribution >= 4 is 55.3 Å². The summed E-state index contributed by atoms with van der Waals surface area (Å²) in [5.41, 5.74) is 1.20. The third-order valence-corrected chi connectivity index (χ3v) is 4.59. The molecule has 0 N–H and O–H groups in total. The van der Waals surface area contributed by atoms with Gasteiger partial charge in [0.2, 0.25) is 0 Å². The number of nitrogens with zero attached hydrogens (tertiary/aromatic N) is 1. The first kappa shape index (κ1) is 19.0. The van der Waals surface area contributed by atoms with Crippen molar-refractivity contribution in [3.8, 4) is 0 Å². The molecular weight excluding hydrogens is 461 g/mol. The van der Waals surface area contributed by atoms with Gasteiger partial charge in [0.15, 0.2) is 6.61 Å². The van der Waals surface area contributed by atoms with E-state index in [-0.39, 0.29) is 23.1 Å². The number of likely N-dealkylation sites (N-methyl/N-ethyl adjacent to an activating group) is 1. The van der Waals surface area contributed by atoms with E-state index in [0.717, 1.165) is 10.0 Å². The maximum atomic E-state index is 12.1. The predicted octanol–water partition coefficient (Wildman–Crippen LogP) is 4.68. The molecule has 0 aliphatic carbocycles. The van der Waals surface area contributed by atoms with Crippen LogP contribution < -0.4 is 0 Å². The van der Waals surface area contributed by atoms with E-state index in [1.54, 1.807) is 25.2 Å². The standard InChI is InChI=1S/C17H14Br2ClNO3/c1-21(9-11-2-4-12(18)5-3-11)16(22)10-24-17(23)14-8-13(19)6-7-15(14)20/h2-8H,9-10H2,1H3. The van der Waals surface area contributed by atoms with Gasteiger partial charge in [0.25, 0.3) is 5.91 Å². The number of benzene rings is 2. The van der Waals surface area contributed by atoms with Crippen molar-refractivity contribution in [3.63, 3.8) is 0 Å². The SMILES string of the molecule is CN(Cc1ccc(Br)cc1)C(=O)COC(=O)c1cc(Br)ccc1Cl. The molecule has 4 nitrogen and oxygen atoms in total. The van der Waals surface area contributed by atoms with E-state index < -0.39 is 5.97 Å². The van der Waals surface area contributed by atoms with Crippen LogP contribution in [0.2, 0.25) is 5.02 Å². The highest BCUT2D eigenvalue weighted by molar-refractivity contribution is 9.10. The Morgan fingerprint density at radius 3 is 2.38 bits per heavy atom. The lowest BCUT2D eigenvalue weighted by molar-refractivity contribution is -0.133. The van der Waals surface area contributed by atoms with Gasteiger partial charge in [-0.25, -0.2) is 4.79 Å². The zero-order valence-corrected chi connectivity index (χ0v) is 16.7. The molecule has 0 radical (unpaired) electrons. The second-order valence-corrected chi connectivity index (χ2v) is 7.32. The van der Waals surface area contributed by atoms with Crippen molar-refractivity contribution in [2.45, 2.75) is 6.54 Å². The van der Waals surface area contributed by atoms with Gasteiger partial charge in [-0.3, -0.25) is 4.79 Å². The van der Waals surface area contributed by atoms with Crippen LogP contribution in [0, 0.1) is 0 Å². The minimum atomic E-state index is -0.633. The summed E-state index contributed by atoms with van der Waals surface area (Å²) in [6.45, 7) is 0.0933. The third kappa shape index (κ3) is 5.33. The molecule has 2 aromatic carbocycles. The molecule has 7 heteroatoms. The first-order valence-corrected chi connectivity index (χ1v) is 8.94. The predicted molar refractivity (Wildman–Crippen MR) is 100 cm³/mol. The molecule has 0 saturated heterocycles. The van der Waals surface area contributed by atoms with E-state index in [2.05, 4.69) is 31.9 Å². The Balaban J connectivity index is 1.91. The Hall–Kier alpha value is -1.37. The summed E-state index contributed by atoms with van der Waals surface area (Å²) in [6.07, 6.45) is 0. The topological polar surface area (TPSA) is 46.6 Å². The van der Waals surface area contributed by atoms with Crippen molar-refractivity contribution < 1.29 is 14.3 Å². The van der Waals surface area contributed by atoms with Gasteiger partial charge in [-0.15, -0.1) is 0 Å². The molecule has 2 rings (SSSR count). The van der Waals surface area contributed by atoms with E-state index in [1.807, 2.05) is 24.3 Å². The van der Waals surface area contributed by atoms with Gasteiger partial charge in [0.05, 0.1) is 10.6 Å². The first-order chi connectivity index (χ1) is 11.4. The number of hydrogen-bond acceptors (Lipinski definition) is 3. The van der Waals surface area contributed by atoms with Gasteiger partial charge in [-0.05, 0) is 35.9 Å². The summed E-state index contributed by atoms with van der Waals surface area (Å²) < 4.78 is 6.74. The molecule has 24 heavy (non-hydrogen) atoms. The summed E-state index contributed by atoms with van der Waals surface area (Å²) in [5.74, 6) is -0.927. The summed E-state index contributed by atoms with van der Waals surface area (Å²) in [6, 6.07) is 12.5. The molecule has 0 heterocycles. The molecule has 0 aliphatic rings. The maximum absolute atomic E-state index is 12.1. The number of carbonyl (C=O) groups is 2. The Labute approximate surface area is 162 Å². The number of halogens is 3. The van der Waals surface area contributed by atoms with Crippen LogP contribution in [0.25, 0.3) is 0 Å². The van der Waals surface area contributed by atoms with Crippen molar-refractivity contribution in [3.05, 3.63) is 67.6 Å². The molecule has 0 spiro atoms. The van der Waals surface area contributed by atoms with Crippen LogP contribution in [0.4, 0.5) is 0 Å². The van der Waals surface area contributed by atoms with Gasteiger partial charge in [-0.2, -0.15) is 0 Å². The molecule has 0 aliphatic heterocycles. The number of amides is 1. The average molecular weight is 476 g/mol. The second-order valence-electron chi connectivity index (χ2n) is 5.08. The van der Waals surface area contributed by atoms with Crippen LogP contribution >= 0.6 is 43.5 Å². The normalized spacial score (nSPS) is 10.3. The van der Waals surface area contributed by atoms with Crippen LogP contribution in [0.1, 0.15) is 15.9 Å². The fourth-order valence-electron chi connectivity index (χ4n) is 1.92. The van der Waals surface area contributed by atoms with Crippen LogP contribution in [0.5, 0.6) is 0 Å². The summed E-state index contributed by atoms with van der Waals surface area (Å²) in [4.78, 5) is 25.6. The van der Waals surface area contributed by atoms with Crippen LogP contribution in [-0.2, 0) is 16.1 Å². The fourth-order valence-corrected chi connectivity index (χ4v) is 2.74. The molecule has 1 amide bonds. The monoisotopic (exact) mass is 473 g/mol. The van der Waals surface area contributed by atoms with Crippen molar-refractivity contribution in [2.24, 2.45) is 0 Å². The van der Waals surface area contributed by atoms with E-state index in [9.17, 15) is 9.59 Å². The molecular formula is C17H14Br2ClNO3. The van der Waals surface area contributed by atoms with Gasteiger partial charge in [0.1, 0.15) is 0 Å². The quantitative estimate of drug-likeness (QED) is 0.590. The highest BCUT2D eigenvalue weighted by atomic mass is 79.9. The van der Waals surface area contributed by atoms with Crippen LogP contribution in [0.15, 0.2) is 51.4 Å². The summed E-state index contributed by atoms with van der Waals surface area (Å²) in [5, 5.41) is 0.277. The highest BCUT2D eigenvalue weighted by Gasteiger charge is 2.16. The van der Waals surface area contributed by atoms with Gasteiger partial charge >= 0.3 is 5.97 Å². The van der Waals surface area contributed by atoms with E-state index in [0.29, 0.717) is 11.0 Å². The molecule has 0 unspecified atom stereocenters. The molecule has 0 atom stereocenters. The van der Waals surface area contributed by atoms with Gasteiger partial charge < -0.3 is 9.64 Å². The average Bonchev–Trinajstić information content (AvgIpc) is 2.56. The smallest absolute Gasteiger partial charge is 0.340 e. The van der Waals surface area contributed by atoms with Gasteiger partial charge in [0, 0.05) is 22.5 Å². The number of ether oxygens (including phenoxy) is 1. The molecule has 0 saturated carbocycles. The fraction of sp³-hybridized carbons (Fsp3) is 0.176. The third-order valence-electron chi connectivity index (χ3n) is 3.23. The molecule has 126 valence electrons. The van der Waals surface area contributed by atoms with Crippen molar-refractivity contribution in [1.29, 1.82) is 0 Å². The van der Waals surface area contributed by atoms with Crippen LogP contribution in [-0.4, -0.2) is 30.4 Å². The van der Waals surface area contributed by atoms with E-state index in [4.69, 9.17) is 16.3 Å². The Bertz CT molecular complexity index is 750. The number of esters is 1. The lowest BCUT2D eigenvalue weighted by Gasteiger charge is -2.17. The lowest BCUT2D eigenvalue weighted by atomic mass is 10.2. The van der Waals surface area contributed by atoms with Crippen molar-refractivity contribution in [2.75, 3.05) is 13.7 Å². The summed E-state index contributed by atoms with van der Waals surface area (Å²) in [7, 11) is 1.66. The maximum Gasteiger partial charge on any atom is 0.340 e. The Kier molecular flexibility index (Phi) is 6.83. The number of carbonyl (C=O) groups excluding carboxylic acids is 2. The number of rotatable bonds is 5. The second kappa shape index (κ2) is 8.65. The molecule has 0 bridgehead atoms. The summed E-state index contributed by atoms with van der Waals surface area (Å²) >= 11 is 12.6. The van der Waals surface area contributed by atoms with Crippen LogP contribution in [0.3, 0.4) is 0 Å².